The van der Waals surface area contributed by atoms with Gasteiger partial charge in [0.25, 0.3) is 0 Å². The van der Waals surface area contributed by atoms with E-state index in [0.717, 1.165) is 23.3 Å². The number of carbonyl (C=O) groups excluding carboxylic acids is 2. The van der Waals surface area contributed by atoms with Crippen molar-refractivity contribution >= 4 is 28.8 Å². The SMILES string of the molecule is CCc1ccc(CNC(=O)C(=O)Nc2ccccc2CC)s1. The number of para-hydroxylation sites is 1. The molecule has 116 valence electrons. The lowest BCUT2D eigenvalue weighted by atomic mass is 10.1. The average Bonchev–Trinajstić information content (AvgIpc) is 3.01. The fraction of sp³-hybridized carbons (Fsp3) is 0.294. The van der Waals surface area contributed by atoms with Gasteiger partial charge in [-0.15, -0.1) is 11.3 Å². The molecule has 0 fully saturated rings. The molecule has 1 aromatic carbocycles. The maximum atomic E-state index is 11.9. The van der Waals surface area contributed by atoms with Gasteiger partial charge in [0.05, 0.1) is 6.54 Å². The Morgan fingerprint density at radius 3 is 2.36 bits per heavy atom. The molecule has 0 aliphatic rings. The predicted octanol–water partition coefficient (Wildman–Crippen LogP) is 3.13. The molecule has 0 saturated heterocycles. The average molecular weight is 316 g/mol. The lowest BCUT2D eigenvalue weighted by Crippen LogP contribution is -2.35. The largest absolute Gasteiger partial charge is 0.343 e. The lowest BCUT2D eigenvalue weighted by Gasteiger charge is -2.09. The van der Waals surface area contributed by atoms with E-state index in [1.54, 1.807) is 17.4 Å². The highest BCUT2D eigenvalue weighted by Gasteiger charge is 2.14. The summed E-state index contributed by atoms with van der Waals surface area (Å²) in [5.41, 5.74) is 1.70. The molecular weight excluding hydrogens is 296 g/mol. The molecule has 5 heteroatoms. The van der Waals surface area contributed by atoms with Crippen LogP contribution in [-0.2, 0) is 29.0 Å². The third-order valence-corrected chi connectivity index (χ3v) is 4.57. The van der Waals surface area contributed by atoms with Gasteiger partial charge in [0.1, 0.15) is 0 Å². The quantitative estimate of drug-likeness (QED) is 0.833. The number of rotatable bonds is 5. The van der Waals surface area contributed by atoms with Gasteiger partial charge in [0.15, 0.2) is 0 Å². The first kappa shape index (κ1) is 16.2. The minimum atomic E-state index is -0.631. The Balaban J connectivity index is 1.90. The molecule has 2 amide bonds. The summed E-state index contributed by atoms with van der Waals surface area (Å²) in [6, 6.07) is 11.5. The van der Waals surface area contributed by atoms with E-state index in [4.69, 9.17) is 0 Å². The number of amides is 2. The molecule has 0 aliphatic heterocycles. The minimum absolute atomic E-state index is 0.381. The van der Waals surface area contributed by atoms with Gasteiger partial charge in [0.2, 0.25) is 0 Å². The molecule has 22 heavy (non-hydrogen) atoms. The standard InChI is InChI=1S/C17H20N2O2S/c1-3-12-7-5-6-8-15(12)19-17(21)16(20)18-11-14-10-9-13(4-2)22-14/h5-10H,3-4,11H2,1-2H3,(H,18,20)(H,19,21). The summed E-state index contributed by atoms with van der Waals surface area (Å²) in [4.78, 5) is 26.1. The Morgan fingerprint density at radius 2 is 1.68 bits per heavy atom. The zero-order valence-electron chi connectivity index (χ0n) is 12.8. The Hall–Kier alpha value is -2.14. The topological polar surface area (TPSA) is 58.2 Å². The summed E-state index contributed by atoms with van der Waals surface area (Å²) in [5.74, 6) is -1.24. The van der Waals surface area contributed by atoms with Crippen LogP contribution < -0.4 is 10.6 Å². The molecule has 4 nitrogen and oxygen atoms in total. The van der Waals surface area contributed by atoms with Crippen molar-refractivity contribution in [1.82, 2.24) is 5.32 Å². The highest BCUT2D eigenvalue weighted by molar-refractivity contribution is 7.11. The van der Waals surface area contributed by atoms with Gasteiger partial charge in [-0.2, -0.15) is 0 Å². The molecule has 0 unspecified atom stereocenters. The highest BCUT2D eigenvalue weighted by atomic mass is 32.1. The maximum Gasteiger partial charge on any atom is 0.313 e. The molecule has 1 aromatic heterocycles. The summed E-state index contributed by atoms with van der Waals surface area (Å²) >= 11 is 1.65. The number of carbonyl (C=O) groups is 2. The van der Waals surface area contributed by atoms with Crippen molar-refractivity contribution in [3.8, 4) is 0 Å². The van der Waals surface area contributed by atoms with Crippen LogP contribution in [0.1, 0.15) is 29.2 Å². The number of anilines is 1. The van der Waals surface area contributed by atoms with Crippen molar-refractivity contribution in [3.05, 3.63) is 51.7 Å². The van der Waals surface area contributed by atoms with Crippen LogP contribution in [0.2, 0.25) is 0 Å². The Kier molecular flexibility index (Phi) is 5.72. The molecule has 2 N–H and O–H groups in total. The molecular formula is C17H20N2O2S. The van der Waals surface area contributed by atoms with Crippen LogP contribution in [0.15, 0.2) is 36.4 Å². The summed E-state index contributed by atoms with van der Waals surface area (Å²) in [6.45, 7) is 4.48. The van der Waals surface area contributed by atoms with Crippen molar-refractivity contribution in [2.24, 2.45) is 0 Å². The van der Waals surface area contributed by atoms with Crippen LogP contribution in [-0.4, -0.2) is 11.8 Å². The van der Waals surface area contributed by atoms with Crippen LogP contribution in [0.25, 0.3) is 0 Å². The van der Waals surface area contributed by atoms with Gasteiger partial charge in [-0.1, -0.05) is 32.0 Å². The first-order valence-electron chi connectivity index (χ1n) is 7.38. The number of hydrogen-bond acceptors (Lipinski definition) is 3. The fourth-order valence-electron chi connectivity index (χ4n) is 2.08. The van der Waals surface area contributed by atoms with E-state index < -0.39 is 11.8 Å². The second-order valence-electron chi connectivity index (χ2n) is 4.87. The smallest absolute Gasteiger partial charge is 0.313 e. The Morgan fingerprint density at radius 1 is 0.955 bits per heavy atom. The first-order valence-corrected chi connectivity index (χ1v) is 8.20. The van der Waals surface area contributed by atoms with E-state index in [-0.39, 0.29) is 0 Å². The third-order valence-electron chi connectivity index (χ3n) is 3.34. The van der Waals surface area contributed by atoms with E-state index in [1.165, 1.54) is 4.88 Å². The molecule has 0 saturated carbocycles. The predicted molar refractivity (Wildman–Crippen MR) is 90.0 cm³/mol. The molecule has 1 heterocycles. The van der Waals surface area contributed by atoms with E-state index in [2.05, 4.69) is 17.6 Å². The van der Waals surface area contributed by atoms with Gasteiger partial charge in [-0.25, -0.2) is 0 Å². The summed E-state index contributed by atoms with van der Waals surface area (Å²) in [6.07, 6.45) is 1.78. The van der Waals surface area contributed by atoms with E-state index in [9.17, 15) is 9.59 Å². The summed E-state index contributed by atoms with van der Waals surface area (Å²) < 4.78 is 0. The molecule has 0 spiro atoms. The van der Waals surface area contributed by atoms with Crippen LogP contribution in [0.4, 0.5) is 5.69 Å². The first-order chi connectivity index (χ1) is 10.6. The Bertz CT molecular complexity index is 664. The van der Waals surface area contributed by atoms with Crippen LogP contribution >= 0.6 is 11.3 Å². The van der Waals surface area contributed by atoms with Gasteiger partial charge in [-0.3, -0.25) is 9.59 Å². The number of nitrogens with one attached hydrogen (secondary N) is 2. The van der Waals surface area contributed by atoms with E-state index >= 15 is 0 Å². The summed E-state index contributed by atoms with van der Waals surface area (Å²) in [5, 5.41) is 5.32. The monoisotopic (exact) mass is 316 g/mol. The number of aryl methyl sites for hydroxylation is 2. The molecule has 0 bridgehead atoms. The second kappa shape index (κ2) is 7.75. The van der Waals surface area contributed by atoms with Crippen molar-refractivity contribution in [3.63, 3.8) is 0 Å². The van der Waals surface area contributed by atoms with Gasteiger partial charge >= 0.3 is 11.8 Å². The van der Waals surface area contributed by atoms with Gasteiger partial charge in [-0.05, 0) is 36.6 Å². The number of hydrogen-bond donors (Lipinski definition) is 2. The van der Waals surface area contributed by atoms with Crippen LogP contribution in [0.5, 0.6) is 0 Å². The second-order valence-corrected chi connectivity index (χ2v) is 6.12. The lowest BCUT2D eigenvalue weighted by molar-refractivity contribution is -0.136. The molecule has 2 rings (SSSR count). The highest BCUT2D eigenvalue weighted by Crippen LogP contribution is 2.17. The van der Waals surface area contributed by atoms with Gasteiger partial charge in [0, 0.05) is 15.4 Å². The molecule has 0 aliphatic carbocycles. The van der Waals surface area contributed by atoms with Crippen LogP contribution in [0, 0.1) is 0 Å². The molecule has 0 radical (unpaired) electrons. The van der Waals surface area contributed by atoms with Crippen molar-refractivity contribution in [2.45, 2.75) is 33.2 Å². The number of thiophene rings is 1. The van der Waals surface area contributed by atoms with Crippen molar-refractivity contribution < 1.29 is 9.59 Å². The fourth-order valence-corrected chi connectivity index (χ4v) is 2.98. The zero-order chi connectivity index (χ0) is 15.9. The van der Waals surface area contributed by atoms with Crippen molar-refractivity contribution in [1.29, 1.82) is 0 Å². The molecule has 2 aromatic rings. The summed E-state index contributed by atoms with van der Waals surface area (Å²) in [7, 11) is 0. The van der Waals surface area contributed by atoms with E-state index in [0.29, 0.717) is 12.2 Å². The Labute approximate surface area is 134 Å². The van der Waals surface area contributed by atoms with Crippen LogP contribution in [0.3, 0.4) is 0 Å². The van der Waals surface area contributed by atoms with E-state index in [1.807, 2.05) is 37.3 Å². The van der Waals surface area contributed by atoms with Gasteiger partial charge < -0.3 is 10.6 Å². The number of benzene rings is 1. The zero-order valence-corrected chi connectivity index (χ0v) is 13.6. The maximum absolute atomic E-state index is 11.9. The third kappa shape index (κ3) is 4.18. The van der Waals surface area contributed by atoms with Crippen molar-refractivity contribution in [2.75, 3.05) is 5.32 Å². The minimum Gasteiger partial charge on any atom is -0.343 e. The normalized spacial score (nSPS) is 10.3. The molecule has 0 atom stereocenters.